The van der Waals surface area contributed by atoms with Gasteiger partial charge in [0.25, 0.3) is 0 Å². The lowest BCUT2D eigenvalue weighted by atomic mass is 10.2. The molecule has 0 radical (unpaired) electrons. The monoisotopic (exact) mass is 466 g/mol. The van der Waals surface area contributed by atoms with Gasteiger partial charge in [-0.3, -0.25) is 20.0 Å². The van der Waals surface area contributed by atoms with E-state index in [1.807, 2.05) is 0 Å². The zero-order chi connectivity index (χ0) is 22.6. The molecule has 0 aromatic heterocycles. The molecule has 2 aromatic carbocycles. The lowest BCUT2D eigenvalue weighted by Crippen LogP contribution is -2.50. The van der Waals surface area contributed by atoms with E-state index < -0.39 is 21.2 Å². The maximum absolute atomic E-state index is 13.6. The van der Waals surface area contributed by atoms with Crippen LogP contribution >= 0.6 is 11.6 Å². The van der Waals surface area contributed by atoms with E-state index in [9.17, 15) is 13.2 Å². The van der Waals surface area contributed by atoms with Crippen molar-refractivity contribution in [1.82, 2.24) is 16.2 Å². The van der Waals surface area contributed by atoms with Gasteiger partial charge in [-0.05, 0) is 55.8 Å². The second-order valence-corrected chi connectivity index (χ2v) is 9.93. The average molecular weight is 467 g/mol. The Morgan fingerprint density at radius 1 is 1.06 bits per heavy atom. The van der Waals surface area contributed by atoms with E-state index in [0.29, 0.717) is 16.5 Å². The van der Waals surface area contributed by atoms with Crippen molar-refractivity contribution in [3.63, 3.8) is 0 Å². The highest BCUT2D eigenvalue weighted by molar-refractivity contribution is 7.93. The predicted molar refractivity (Wildman–Crippen MR) is 122 cm³/mol. The molecule has 8 nitrogen and oxygen atoms in total. The molecule has 0 aliphatic carbocycles. The van der Waals surface area contributed by atoms with Gasteiger partial charge < -0.3 is 10.1 Å². The molecule has 1 amide bonds. The highest BCUT2D eigenvalue weighted by Crippen LogP contribution is 2.27. The lowest BCUT2D eigenvalue weighted by molar-refractivity contribution is -0.119. The first-order valence-corrected chi connectivity index (χ1v) is 11.8. The molecule has 2 unspecified atom stereocenters. The summed E-state index contributed by atoms with van der Waals surface area (Å²) in [6, 6.07) is 13.0. The Balaban J connectivity index is 1.82. The Morgan fingerprint density at radius 3 is 2.19 bits per heavy atom. The Kier molecular flexibility index (Phi) is 7.42. The van der Waals surface area contributed by atoms with Crippen molar-refractivity contribution in [2.24, 2.45) is 0 Å². The Morgan fingerprint density at radius 2 is 1.65 bits per heavy atom. The van der Waals surface area contributed by atoms with Crippen molar-refractivity contribution in [1.29, 1.82) is 0 Å². The molecule has 1 saturated heterocycles. The minimum atomic E-state index is -3.87. The molecule has 0 spiro atoms. The third-order valence-electron chi connectivity index (χ3n) is 5.23. The van der Waals surface area contributed by atoms with E-state index in [2.05, 4.69) is 16.2 Å². The van der Waals surface area contributed by atoms with Crippen molar-refractivity contribution in [2.75, 3.05) is 18.0 Å². The SMILES string of the molecule is COc1ccc(N(CC(=O)NCc2ccc(Cl)cc2)S(=O)(=O)C2C(C)NNC2C)cc1. The second kappa shape index (κ2) is 9.86. The number of nitrogens with zero attached hydrogens (tertiary/aromatic N) is 1. The van der Waals surface area contributed by atoms with Crippen molar-refractivity contribution in [2.45, 2.75) is 37.7 Å². The number of ether oxygens (including phenoxy) is 1. The maximum Gasteiger partial charge on any atom is 0.241 e. The molecule has 1 fully saturated rings. The number of hydrogen-bond donors (Lipinski definition) is 3. The van der Waals surface area contributed by atoms with Crippen molar-refractivity contribution >= 4 is 33.2 Å². The summed E-state index contributed by atoms with van der Waals surface area (Å²) < 4.78 is 33.5. The van der Waals surface area contributed by atoms with E-state index in [1.54, 1.807) is 62.4 Å². The molecule has 3 N–H and O–H groups in total. The number of nitrogens with one attached hydrogen (secondary N) is 3. The predicted octanol–water partition coefficient (Wildman–Crippen LogP) is 2.05. The molecular weight excluding hydrogens is 440 g/mol. The first kappa shape index (κ1) is 23.3. The smallest absolute Gasteiger partial charge is 0.241 e. The molecule has 1 aliphatic rings. The van der Waals surface area contributed by atoms with Crippen LogP contribution in [0.4, 0.5) is 5.69 Å². The zero-order valence-electron chi connectivity index (χ0n) is 17.6. The molecule has 0 saturated carbocycles. The minimum absolute atomic E-state index is 0.270. The van der Waals surface area contributed by atoms with Crippen LogP contribution in [-0.4, -0.2) is 45.3 Å². The van der Waals surface area contributed by atoms with Crippen LogP contribution in [-0.2, 0) is 21.4 Å². The van der Waals surface area contributed by atoms with E-state index >= 15 is 0 Å². The highest BCUT2D eigenvalue weighted by atomic mass is 35.5. The highest BCUT2D eigenvalue weighted by Gasteiger charge is 2.44. The fraction of sp³-hybridized carbons (Fsp3) is 0.381. The van der Waals surface area contributed by atoms with E-state index in [4.69, 9.17) is 16.3 Å². The zero-order valence-corrected chi connectivity index (χ0v) is 19.2. The van der Waals surface area contributed by atoms with Gasteiger partial charge in [-0.25, -0.2) is 8.42 Å². The largest absolute Gasteiger partial charge is 0.497 e. The minimum Gasteiger partial charge on any atom is -0.497 e. The first-order valence-electron chi connectivity index (χ1n) is 9.90. The molecule has 2 atom stereocenters. The topological polar surface area (TPSA) is 99.8 Å². The molecular formula is C21H27ClN4O4S. The molecule has 168 valence electrons. The van der Waals surface area contributed by atoms with Gasteiger partial charge in [0, 0.05) is 23.7 Å². The number of amides is 1. The molecule has 31 heavy (non-hydrogen) atoms. The van der Waals surface area contributed by atoms with Gasteiger partial charge in [-0.15, -0.1) is 0 Å². The third-order valence-corrected chi connectivity index (χ3v) is 7.94. The maximum atomic E-state index is 13.6. The third kappa shape index (κ3) is 5.48. The van der Waals surface area contributed by atoms with Crippen LogP contribution in [0.1, 0.15) is 19.4 Å². The van der Waals surface area contributed by atoms with Crippen molar-refractivity contribution in [3.8, 4) is 5.75 Å². The number of sulfonamides is 1. The molecule has 3 rings (SSSR count). The number of hydrogen-bond acceptors (Lipinski definition) is 6. The van der Waals surface area contributed by atoms with Crippen LogP contribution in [0.2, 0.25) is 5.02 Å². The summed E-state index contributed by atoms with van der Waals surface area (Å²) in [6.07, 6.45) is 0. The quantitative estimate of drug-likeness (QED) is 0.550. The number of benzene rings is 2. The summed E-state index contributed by atoms with van der Waals surface area (Å²) in [4.78, 5) is 12.7. The molecule has 0 bridgehead atoms. The summed E-state index contributed by atoms with van der Waals surface area (Å²) >= 11 is 5.89. The fourth-order valence-corrected chi connectivity index (χ4v) is 5.89. The second-order valence-electron chi connectivity index (χ2n) is 7.48. The summed E-state index contributed by atoms with van der Waals surface area (Å²) in [5, 5.41) is 2.65. The van der Waals surface area contributed by atoms with Gasteiger partial charge in [0.2, 0.25) is 15.9 Å². The van der Waals surface area contributed by atoms with Gasteiger partial charge in [0.05, 0.1) is 12.8 Å². The van der Waals surface area contributed by atoms with E-state index in [1.165, 1.54) is 7.11 Å². The fourth-order valence-electron chi connectivity index (χ4n) is 3.59. The van der Waals surface area contributed by atoms with Crippen LogP contribution in [0.3, 0.4) is 0 Å². The van der Waals surface area contributed by atoms with Gasteiger partial charge >= 0.3 is 0 Å². The number of carbonyl (C=O) groups is 1. The number of methoxy groups -OCH3 is 1. The van der Waals surface area contributed by atoms with E-state index in [0.717, 1.165) is 9.87 Å². The first-order chi connectivity index (χ1) is 14.7. The Hall–Kier alpha value is -2.33. The normalized spacial score (nSPS) is 21.0. The van der Waals surface area contributed by atoms with Gasteiger partial charge in [-0.1, -0.05) is 23.7 Å². The van der Waals surface area contributed by atoms with Crippen LogP contribution in [0.15, 0.2) is 48.5 Å². The van der Waals surface area contributed by atoms with Crippen LogP contribution < -0.4 is 25.2 Å². The number of hydrazine groups is 1. The number of anilines is 1. The van der Waals surface area contributed by atoms with Gasteiger partial charge in [0.15, 0.2) is 0 Å². The summed E-state index contributed by atoms with van der Waals surface area (Å²) in [6.45, 7) is 3.53. The average Bonchev–Trinajstić information content (AvgIpc) is 3.10. The van der Waals surface area contributed by atoms with Crippen molar-refractivity contribution < 1.29 is 17.9 Å². The van der Waals surface area contributed by atoms with Gasteiger partial charge in [-0.2, -0.15) is 0 Å². The number of carbonyl (C=O) groups excluding carboxylic acids is 1. The number of rotatable bonds is 8. The summed E-state index contributed by atoms with van der Waals surface area (Å²) in [7, 11) is -2.33. The summed E-state index contributed by atoms with van der Waals surface area (Å²) in [5.74, 6) is 0.188. The van der Waals surface area contributed by atoms with Gasteiger partial charge in [0.1, 0.15) is 17.5 Å². The summed E-state index contributed by atoms with van der Waals surface area (Å²) in [5.41, 5.74) is 7.20. The van der Waals surface area contributed by atoms with E-state index in [-0.39, 0.29) is 25.2 Å². The van der Waals surface area contributed by atoms with Crippen LogP contribution in [0.25, 0.3) is 0 Å². The Bertz CT molecular complexity index is 989. The molecule has 2 aromatic rings. The standard InChI is InChI=1S/C21H27ClN4O4S/c1-14-21(15(2)25-24-14)31(28,29)26(18-8-10-19(30-3)11-9-18)13-20(27)23-12-16-4-6-17(22)7-5-16/h4-11,14-15,21,24-25H,12-13H2,1-3H3,(H,23,27). The van der Waals surface area contributed by atoms with Crippen LogP contribution in [0, 0.1) is 0 Å². The molecule has 10 heteroatoms. The lowest BCUT2D eigenvalue weighted by Gasteiger charge is -2.30. The molecule has 1 aliphatic heterocycles. The molecule has 1 heterocycles. The number of halogens is 1. The van der Waals surface area contributed by atoms with Crippen molar-refractivity contribution in [3.05, 3.63) is 59.1 Å². The van der Waals surface area contributed by atoms with Crippen LogP contribution in [0.5, 0.6) is 5.75 Å². The Labute approximate surface area is 187 Å².